The van der Waals surface area contributed by atoms with E-state index in [2.05, 4.69) is 5.32 Å². The van der Waals surface area contributed by atoms with Crippen molar-refractivity contribution in [1.29, 1.82) is 0 Å². The zero-order chi connectivity index (χ0) is 16.3. The van der Waals surface area contributed by atoms with Crippen molar-refractivity contribution < 1.29 is 14.3 Å². The smallest absolute Gasteiger partial charge is 0.328 e. The average molecular weight is 340 g/mol. The van der Waals surface area contributed by atoms with Crippen LogP contribution in [0.2, 0.25) is 5.02 Å². The highest BCUT2D eigenvalue weighted by atomic mass is 35.5. The van der Waals surface area contributed by atoms with Gasteiger partial charge in [-0.3, -0.25) is 4.79 Å². The maximum atomic E-state index is 12.5. The molecule has 0 radical (unpaired) electrons. The Morgan fingerprint density at radius 1 is 1.32 bits per heavy atom. The van der Waals surface area contributed by atoms with E-state index in [9.17, 15) is 9.59 Å². The second-order valence-electron chi connectivity index (χ2n) is 5.42. The van der Waals surface area contributed by atoms with Crippen LogP contribution in [0.4, 0.5) is 0 Å². The Labute approximate surface area is 138 Å². The van der Waals surface area contributed by atoms with Crippen LogP contribution < -0.4 is 5.32 Å². The van der Waals surface area contributed by atoms with Crippen molar-refractivity contribution in [3.63, 3.8) is 0 Å². The fourth-order valence-corrected chi connectivity index (χ4v) is 3.63. The zero-order valence-electron chi connectivity index (χ0n) is 12.7. The van der Waals surface area contributed by atoms with Crippen LogP contribution in [-0.2, 0) is 9.53 Å². The summed E-state index contributed by atoms with van der Waals surface area (Å²) in [5.74, 6) is -0.538. The average Bonchev–Trinajstić information content (AvgIpc) is 2.83. The first kappa shape index (κ1) is 16.8. The van der Waals surface area contributed by atoms with Crippen LogP contribution in [-0.4, -0.2) is 25.0 Å². The molecule has 1 atom stereocenters. The Kier molecular flexibility index (Phi) is 5.42. The number of carbonyl (C=O) groups excluding carboxylic acids is 2. The van der Waals surface area contributed by atoms with Crippen LogP contribution in [0.1, 0.15) is 29.9 Å². The second-order valence-corrected chi connectivity index (χ2v) is 6.85. The lowest BCUT2D eigenvalue weighted by atomic mass is 10.0. The highest BCUT2D eigenvalue weighted by molar-refractivity contribution is 7.21. The number of methoxy groups -OCH3 is 1. The number of hydrogen-bond donors (Lipinski definition) is 1. The molecule has 0 unspecified atom stereocenters. The number of hydrogen-bond acceptors (Lipinski definition) is 4. The van der Waals surface area contributed by atoms with Crippen LogP contribution in [0.3, 0.4) is 0 Å². The topological polar surface area (TPSA) is 55.4 Å². The van der Waals surface area contributed by atoms with E-state index in [-0.39, 0.29) is 11.8 Å². The zero-order valence-corrected chi connectivity index (χ0v) is 14.3. The van der Waals surface area contributed by atoms with Gasteiger partial charge in [-0.1, -0.05) is 43.6 Å². The fourth-order valence-electron chi connectivity index (χ4n) is 2.21. The van der Waals surface area contributed by atoms with E-state index < -0.39 is 12.0 Å². The molecule has 1 N–H and O–H groups in total. The molecule has 2 aromatic rings. The predicted molar refractivity (Wildman–Crippen MR) is 89.6 cm³/mol. The van der Waals surface area contributed by atoms with E-state index >= 15 is 0 Å². The molecule has 0 fully saturated rings. The summed E-state index contributed by atoms with van der Waals surface area (Å²) in [4.78, 5) is 24.7. The highest BCUT2D eigenvalue weighted by Crippen LogP contribution is 2.35. The van der Waals surface area contributed by atoms with E-state index in [1.807, 2.05) is 38.1 Å². The Morgan fingerprint density at radius 2 is 2.00 bits per heavy atom. The minimum atomic E-state index is -0.668. The minimum absolute atomic E-state index is 0.252. The Hall–Kier alpha value is -1.59. The summed E-state index contributed by atoms with van der Waals surface area (Å²) in [5, 5.41) is 4.00. The van der Waals surface area contributed by atoms with Gasteiger partial charge in [-0.05, 0) is 18.4 Å². The monoisotopic (exact) mass is 339 g/mol. The molecule has 0 aliphatic carbocycles. The lowest BCUT2D eigenvalue weighted by Gasteiger charge is -2.17. The van der Waals surface area contributed by atoms with Crippen molar-refractivity contribution in [3.05, 3.63) is 34.2 Å². The van der Waals surface area contributed by atoms with Gasteiger partial charge < -0.3 is 10.1 Å². The van der Waals surface area contributed by atoms with Crippen molar-refractivity contribution in [2.45, 2.75) is 26.3 Å². The van der Waals surface area contributed by atoms with Crippen molar-refractivity contribution in [3.8, 4) is 0 Å². The molecule has 118 valence electrons. The van der Waals surface area contributed by atoms with Gasteiger partial charge in [0, 0.05) is 10.1 Å². The largest absolute Gasteiger partial charge is 0.467 e. The minimum Gasteiger partial charge on any atom is -0.467 e. The molecule has 2 rings (SSSR count). The number of nitrogens with one attached hydrogen (secondary N) is 1. The third-order valence-corrected chi connectivity index (χ3v) is 4.91. The number of halogens is 1. The fraction of sp³-hybridized carbons (Fsp3) is 0.375. The number of fused-ring (bicyclic) bond motifs is 1. The van der Waals surface area contributed by atoms with Crippen molar-refractivity contribution in [2.75, 3.05) is 7.11 Å². The van der Waals surface area contributed by atoms with Gasteiger partial charge in [-0.15, -0.1) is 11.3 Å². The summed E-state index contributed by atoms with van der Waals surface area (Å²) in [6, 6.07) is 6.88. The molecule has 4 nitrogen and oxygen atoms in total. The summed E-state index contributed by atoms with van der Waals surface area (Å²) in [7, 11) is 1.31. The number of esters is 1. The first-order valence-electron chi connectivity index (χ1n) is 6.99. The molecule has 0 saturated heterocycles. The van der Waals surface area contributed by atoms with E-state index in [0.717, 1.165) is 10.1 Å². The summed E-state index contributed by atoms with van der Waals surface area (Å²) < 4.78 is 5.70. The Balaban J connectivity index is 2.25. The van der Waals surface area contributed by atoms with Crippen LogP contribution >= 0.6 is 22.9 Å². The van der Waals surface area contributed by atoms with Gasteiger partial charge in [0.05, 0.1) is 12.1 Å². The number of ether oxygens (including phenoxy) is 1. The van der Waals surface area contributed by atoms with Crippen LogP contribution in [0.15, 0.2) is 24.3 Å². The van der Waals surface area contributed by atoms with Gasteiger partial charge in [-0.2, -0.15) is 0 Å². The Morgan fingerprint density at radius 3 is 2.59 bits per heavy atom. The molecule has 1 amide bonds. The first-order chi connectivity index (χ1) is 10.4. The van der Waals surface area contributed by atoms with Crippen LogP contribution in [0.5, 0.6) is 0 Å². The van der Waals surface area contributed by atoms with E-state index in [0.29, 0.717) is 16.3 Å². The van der Waals surface area contributed by atoms with Gasteiger partial charge in [0.15, 0.2) is 0 Å². The number of thiophene rings is 1. The first-order valence-corrected chi connectivity index (χ1v) is 8.19. The van der Waals surface area contributed by atoms with Crippen molar-refractivity contribution in [2.24, 2.45) is 5.92 Å². The van der Waals surface area contributed by atoms with Gasteiger partial charge >= 0.3 is 5.97 Å². The third kappa shape index (κ3) is 3.59. The van der Waals surface area contributed by atoms with Crippen molar-refractivity contribution in [1.82, 2.24) is 5.32 Å². The highest BCUT2D eigenvalue weighted by Gasteiger charge is 2.25. The maximum absolute atomic E-state index is 12.5. The van der Waals surface area contributed by atoms with E-state index in [4.69, 9.17) is 16.3 Å². The Bertz CT molecular complexity index is 696. The van der Waals surface area contributed by atoms with Crippen LogP contribution in [0, 0.1) is 5.92 Å². The molecule has 1 heterocycles. The molecule has 0 saturated carbocycles. The number of rotatable bonds is 5. The molecular formula is C16H18ClNO3S. The molecule has 0 aliphatic heterocycles. The molecule has 1 aromatic heterocycles. The summed E-state index contributed by atoms with van der Waals surface area (Å²) in [6.07, 6.45) is 0.515. The molecule has 22 heavy (non-hydrogen) atoms. The normalized spacial score (nSPS) is 12.4. The van der Waals surface area contributed by atoms with Gasteiger partial charge in [0.2, 0.25) is 0 Å². The predicted octanol–water partition coefficient (Wildman–Crippen LogP) is 3.87. The SMILES string of the molecule is COC(=O)[C@H](CC(C)C)NC(=O)c1sc2ccccc2c1Cl. The lowest BCUT2D eigenvalue weighted by molar-refractivity contribution is -0.143. The molecule has 0 aliphatic rings. The summed E-state index contributed by atoms with van der Waals surface area (Å²) in [5.41, 5.74) is 0. The van der Waals surface area contributed by atoms with Gasteiger partial charge in [-0.25, -0.2) is 4.79 Å². The lowest BCUT2D eigenvalue weighted by Crippen LogP contribution is -2.42. The van der Waals surface area contributed by atoms with E-state index in [1.54, 1.807) is 0 Å². The summed E-state index contributed by atoms with van der Waals surface area (Å²) in [6.45, 7) is 3.96. The van der Waals surface area contributed by atoms with Crippen molar-refractivity contribution >= 4 is 44.9 Å². The molecule has 0 spiro atoms. The molecule has 1 aromatic carbocycles. The second kappa shape index (κ2) is 7.11. The number of amides is 1. The quantitative estimate of drug-likeness (QED) is 0.841. The molecule has 0 bridgehead atoms. The number of carbonyl (C=O) groups is 2. The van der Waals surface area contributed by atoms with Gasteiger partial charge in [0.25, 0.3) is 5.91 Å². The third-order valence-electron chi connectivity index (χ3n) is 3.24. The molecule has 6 heteroatoms. The number of benzene rings is 1. The van der Waals surface area contributed by atoms with E-state index in [1.165, 1.54) is 18.4 Å². The van der Waals surface area contributed by atoms with Crippen LogP contribution in [0.25, 0.3) is 10.1 Å². The standard InChI is InChI=1S/C16H18ClNO3S/c1-9(2)8-11(16(20)21-3)18-15(19)14-13(17)10-6-4-5-7-12(10)22-14/h4-7,9,11H,8H2,1-3H3,(H,18,19)/t11-/m0/s1. The van der Waals surface area contributed by atoms with Gasteiger partial charge in [0.1, 0.15) is 10.9 Å². The maximum Gasteiger partial charge on any atom is 0.328 e. The summed E-state index contributed by atoms with van der Waals surface area (Å²) >= 11 is 7.60. The molecular weight excluding hydrogens is 322 g/mol.